The number of thioether (sulfide) groups is 1. The monoisotopic (exact) mass is 417 g/mol. The van der Waals surface area contributed by atoms with Crippen molar-refractivity contribution in [2.75, 3.05) is 20.8 Å². The molecule has 0 bridgehead atoms. The van der Waals surface area contributed by atoms with Gasteiger partial charge in [0.2, 0.25) is 0 Å². The number of hydrogen-bond donors (Lipinski definition) is 0. The van der Waals surface area contributed by atoms with E-state index < -0.39 is 0 Å². The van der Waals surface area contributed by atoms with Crippen LogP contribution in [0.3, 0.4) is 0 Å². The molecule has 0 unspecified atom stereocenters. The summed E-state index contributed by atoms with van der Waals surface area (Å²) in [5, 5.41) is 11.0. The van der Waals surface area contributed by atoms with Crippen molar-refractivity contribution in [3.05, 3.63) is 44.7 Å². The zero-order valence-corrected chi connectivity index (χ0v) is 17.0. The molecule has 0 atom stereocenters. The molecule has 9 heteroatoms. The number of rotatable bonds is 6. The number of carbonyl (C=O) groups is 1. The molecule has 0 spiro atoms. The molecule has 0 N–H and O–H groups in total. The van der Waals surface area contributed by atoms with Gasteiger partial charge >= 0.3 is 0 Å². The van der Waals surface area contributed by atoms with Crippen molar-refractivity contribution in [1.29, 1.82) is 5.26 Å². The van der Waals surface area contributed by atoms with Crippen LogP contribution in [0.1, 0.15) is 16.3 Å². The molecule has 2 aromatic rings. The fourth-order valence-electron chi connectivity index (χ4n) is 2.51. The van der Waals surface area contributed by atoms with E-state index in [9.17, 15) is 4.79 Å². The maximum absolute atomic E-state index is 12.7. The molecule has 0 aliphatic carbocycles. The van der Waals surface area contributed by atoms with Gasteiger partial charge in [-0.1, -0.05) is 30.0 Å². The van der Waals surface area contributed by atoms with Crippen LogP contribution in [-0.4, -0.2) is 40.9 Å². The number of nitrogens with zero attached hydrogens (tertiary/aromatic N) is 3. The van der Waals surface area contributed by atoms with E-state index in [0.29, 0.717) is 44.4 Å². The number of thiocarbonyl (C=S) groups is 1. The summed E-state index contributed by atoms with van der Waals surface area (Å²) < 4.78 is 11.1. The van der Waals surface area contributed by atoms with Crippen LogP contribution in [0.5, 0.6) is 11.5 Å². The van der Waals surface area contributed by atoms with Crippen LogP contribution in [-0.2, 0) is 11.2 Å². The summed E-state index contributed by atoms with van der Waals surface area (Å²) in [6.07, 6.45) is 2.31. The van der Waals surface area contributed by atoms with Crippen LogP contribution in [0.4, 0.5) is 0 Å². The lowest BCUT2D eigenvalue weighted by Crippen LogP contribution is -2.30. The second kappa shape index (κ2) is 8.52. The first-order valence-corrected chi connectivity index (χ1v) is 9.98. The van der Waals surface area contributed by atoms with Crippen molar-refractivity contribution in [2.45, 2.75) is 6.42 Å². The van der Waals surface area contributed by atoms with E-state index in [1.807, 2.05) is 24.3 Å². The second-order valence-electron chi connectivity index (χ2n) is 5.46. The van der Waals surface area contributed by atoms with E-state index in [1.54, 1.807) is 30.6 Å². The van der Waals surface area contributed by atoms with Crippen molar-refractivity contribution in [1.82, 2.24) is 9.88 Å². The summed E-state index contributed by atoms with van der Waals surface area (Å²) in [4.78, 5) is 18.9. The number of carbonyl (C=O) groups excluding carboxylic acids is 1. The lowest BCUT2D eigenvalue weighted by Gasteiger charge is -2.15. The number of ether oxygens (including phenoxy) is 2. The predicted octanol–water partition coefficient (Wildman–Crippen LogP) is 3.48. The molecule has 1 aromatic carbocycles. The number of benzene rings is 1. The van der Waals surface area contributed by atoms with Gasteiger partial charge in [-0.2, -0.15) is 5.26 Å². The Morgan fingerprint density at radius 1 is 1.33 bits per heavy atom. The van der Waals surface area contributed by atoms with Gasteiger partial charge in [-0.25, -0.2) is 4.98 Å². The van der Waals surface area contributed by atoms with Gasteiger partial charge in [0.1, 0.15) is 10.4 Å². The molecular weight excluding hydrogens is 402 g/mol. The second-order valence-corrected chi connectivity index (χ2v) is 8.00. The summed E-state index contributed by atoms with van der Waals surface area (Å²) in [6, 6.07) is 7.66. The maximum Gasteiger partial charge on any atom is 0.266 e. The molecule has 1 aromatic heterocycles. The molecule has 1 fully saturated rings. The minimum atomic E-state index is -0.142. The smallest absolute Gasteiger partial charge is 0.266 e. The Hall–Kier alpha value is -2.41. The van der Waals surface area contributed by atoms with Gasteiger partial charge < -0.3 is 9.47 Å². The summed E-state index contributed by atoms with van der Waals surface area (Å²) in [5.41, 5.74) is 1.61. The number of amides is 1. The van der Waals surface area contributed by atoms with Crippen LogP contribution >= 0.6 is 35.3 Å². The number of thiazole rings is 1. The fraction of sp³-hybridized carbons (Fsp3) is 0.222. The third-order valence-electron chi connectivity index (χ3n) is 3.84. The van der Waals surface area contributed by atoms with E-state index in [0.717, 1.165) is 5.56 Å². The van der Waals surface area contributed by atoms with E-state index in [1.165, 1.54) is 23.1 Å². The minimum Gasteiger partial charge on any atom is -0.493 e. The molecule has 138 valence electrons. The predicted molar refractivity (Wildman–Crippen MR) is 110 cm³/mol. The zero-order valence-electron chi connectivity index (χ0n) is 14.6. The zero-order chi connectivity index (χ0) is 19.4. The lowest BCUT2D eigenvalue weighted by molar-refractivity contribution is -0.122. The SMILES string of the molecule is COc1ccc(CCN2C(=O)/C(=C/c3csc(C#N)n3)SC2=S)cc1OC. The highest BCUT2D eigenvalue weighted by atomic mass is 32.2. The molecule has 3 rings (SSSR count). The fourth-order valence-corrected chi connectivity index (χ4v) is 4.37. The number of aromatic nitrogens is 1. The first-order valence-electron chi connectivity index (χ1n) is 7.87. The molecule has 2 heterocycles. The van der Waals surface area contributed by atoms with Gasteiger partial charge in [0.05, 0.1) is 24.8 Å². The number of methoxy groups -OCH3 is 2. The molecule has 1 aliphatic heterocycles. The summed E-state index contributed by atoms with van der Waals surface area (Å²) in [6.45, 7) is 0.470. The minimum absolute atomic E-state index is 0.142. The Morgan fingerprint density at radius 3 is 2.78 bits per heavy atom. The lowest BCUT2D eigenvalue weighted by atomic mass is 10.1. The van der Waals surface area contributed by atoms with Crippen LogP contribution in [0.15, 0.2) is 28.5 Å². The normalized spacial score (nSPS) is 15.3. The molecule has 0 saturated carbocycles. The van der Waals surface area contributed by atoms with Gasteiger partial charge in [-0.3, -0.25) is 9.69 Å². The van der Waals surface area contributed by atoms with E-state index in [-0.39, 0.29) is 5.91 Å². The average molecular weight is 418 g/mol. The van der Waals surface area contributed by atoms with Gasteiger partial charge in [0, 0.05) is 11.9 Å². The standard InChI is InChI=1S/C18H15N3O3S3/c1-23-13-4-3-11(7-14(13)24-2)5-6-21-17(22)15(27-18(21)25)8-12-10-26-16(9-19)20-12/h3-4,7-8,10H,5-6H2,1-2H3/b15-8-. The van der Waals surface area contributed by atoms with E-state index in [4.69, 9.17) is 27.0 Å². The van der Waals surface area contributed by atoms with E-state index >= 15 is 0 Å². The van der Waals surface area contributed by atoms with Crippen molar-refractivity contribution in [3.8, 4) is 17.6 Å². The van der Waals surface area contributed by atoms with Gasteiger partial charge in [-0.15, -0.1) is 11.3 Å². The van der Waals surface area contributed by atoms with Crippen molar-refractivity contribution >= 4 is 51.6 Å². The highest BCUT2D eigenvalue weighted by Crippen LogP contribution is 2.33. The number of hydrogen-bond acceptors (Lipinski definition) is 8. The van der Waals surface area contributed by atoms with E-state index in [2.05, 4.69) is 4.98 Å². The molecule has 1 aliphatic rings. The van der Waals surface area contributed by atoms with Gasteiger partial charge in [0.15, 0.2) is 16.5 Å². The molecule has 6 nitrogen and oxygen atoms in total. The highest BCUT2D eigenvalue weighted by molar-refractivity contribution is 8.26. The molecule has 1 amide bonds. The van der Waals surface area contributed by atoms with Crippen molar-refractivity contribution in [2.24, 2.45) is 0 Å². The Bertz CT molecular complexity index is 962. The first kappa shape index (κ1) is 19.4. The molecule has 0 radical (unpaired) electrons. The number of nitriles is 1. The Labute approximate surface area is 170 Å². The van der Waals surface area contributed by atoms with Crippen LogP contribution in [0, 0.1) is 11.3 Å². The highest BCUT2D eigenvalue weighted by Gasteiger charge is 2.31. The average Bonchev–Trinajstić information content (AvgIpc) is 3.24. The van der Waals surface area contributed by atoms with Crippen LogP contribution < -0.4 is 9.47 Å². The topological polar surface area (TPSA) is 75.5 Å². The third-order valence-corrected chi connectivity index (χ3v) is 5.99. The Morgan fingerprint density at radius 2 is 2.11 bits per heavy atom. The van der Waals surface area contributed by atoms with Crippen molar-refractivity contribution < 1.29 is 14.3 Å². The first-order chi connectivity index (χ1) is 13.0. The van der Waals surface area contributed by atoms with Crippen LogP contribution in [0.2, 0.25) is 0 Å². The largest absolute Gasteiger partial charge is 0.493 e. The van der Waals surface area contributed by atoms with Gasteiger partial charge in [0.25, 0.3) is 5.91 Å². The van der Waals surface area contributed by atoms with Gasteiger partial charge in [-0.05, 0) is 30.2 Å². The Balaban J connectivity index is 1.70. The molecule has 27 heavy (non-hydrogen) atoms. The maximum atomic E-state index is 12.7. The third kappa shape index (κ3) is 4.30. The summed E-state index contributed by atoms with van der Waals surface area (Å²) in [5.74, 6) is 1.17. The quantitative estimate of drug-likeness (QED) is 0.526. The molecular formula is C18H15N3O3S3. The summed E-state index contributed by atoms with van der Waals surface area (Å²) >= 11 is 7.85. The van der Waals surface area contributed by atoms with Crippen molar-refractivity contribution in [3.63, 3.8) is 0 Å². The Kier molecular flexibility index (Phi) is 6.11. The molecule has 1 saturated heterocycles. The summed E-state index contributed by atoms with van der Waals surface area (Å²) in [7, 11) is 3.18. The van der Waals surface area contributed by atoms with Crippen LogP contribution in [0.25, 0.3) is 6.08 Å².